The zero-order valence-corrected chi connectivity index (χ0v) is 12.2. The van der Waals surface area contributed by atoms with Gasteiger partial charge in [0.15, 0.2) is 17.7 Å². The fourth-order valence-corrected chi connectivity index (χ4v) is 2.37. The van der Waals surface area contributed by atoms with Crippen molar-refractivity contribution < 1.29 is 23.8 Å². The van der Waals surface area contributed by atoms with Crippen molar-refractivity contribution >= 4 is 12.4 Å². The van der Waals surface area contributed by atoms with Crippen LogP contribution >= 0.6 is 0 Å². The predicted molar refractivity (Wildman–Crippen MR) is 75.1 cm³/mol. The van der Waals surface area contributed by atoms with Crippen LogP contribution in [-0.2, 0) is 20.7 Å². The Kier molecular flexibility index (Phi) is 5.03. The number of hydrogen-bond donors (Lipinski definition) is 0. The van der Waals surface area contributed by atoms with Crippen molar-refractivity contribution in [2.45, 2.75) is 25.5 Å². The standard InChI is InChI=1S/C15H19NO5/c1-19-12-6-5-11(8-13(12)20-2)4-3-7-16-14(18)9-15(16)21-10-17/h5-6,8,10,15H,3-4,7,9H2,1-2H3. The van der Waals surface area contributed by atoms with Crippen molar-refractivity contribution in [3.05, 3.63) is 23.8 Å². The Balaban J connectivity index is 1.86. The summed E-state index contributed by atoms with van der Waals surface area (Å²) in [6, 6.07) is 5.76. The molecule has 1 unspecified atom stereocenters. The number of carbonyl (C=O) groups is 2. The second kappa shape index (κ2) is 6.97. The molecule has 1 saturated heterocycles. The summed E-state index contributed by atoms with van der Waals surface area (Å²) in [4.78, 5) is 23.3. The first kappa shape index (κ1) is 15.2. The maximum atomic E-state index is 11.4. The lowest BCUT2D eigenvalue weighted by Gasteiger charge is -2.38. The molecule has 6 heteroatoms. The smallest absolute Gasteiger partial charge is 0.295 e. The molecule has 21 heavy (non-hydrogen) atoms. The molecule has 1 aromatic carbocycles. The number of β-lactam (4-membered cyclic amide) rings is 1. The molecule has 6 nitrogen and oxygen atoms in total. The first-order valence-electron chi connectivity index (χ1n) is 6.79. The van der Waals surface area contributed by atoms with Crippen LogP contribution in [0.2, 0.25) is 0 Å². The Bertz CT molecular complexity index is 515. The second-order valence-corrected chi connectivity index (χ2v) is 4.77. The van der Waals surface area contributed by atoms with Gasteiger partial charge in [0.1, 0.15) is 0 Å². The Hall–Kier alpha value is -2.24. The average molecular weight is 293 g/mol. The van der Waals surface area contributed by atoms with Crippen LogP contribution in [0, 0.1) is 0 Å². The lowest BCUT2D eigenvalue weighted by atomic mass is 10.1. The summed E-state index contributed by atoms with van der Waals surface area (Å²) in [5, 5.41) is 0. The number of methoxy groups -OCH3 is 2. The van der Waals surface area contributed by atoms with Gasteiger partial charge in [0, 0.05) is 6.54 Å². The Morgan fingerprint density at radius 1 is 1.29 bits per heavy atom. The van der Waals surface area contributed by atoms with Gasteiger partial charge < -0.3 is 19.1 Å². The van der Waals surface area contributed by atoms with E-state index in [9.17, 15) is 9.59 Å². The van der Waals surface area contributed by atoms with E-state index in [0.717, 1.165) is 18.4 Å². The van der Waals surface area contributed by atoms with Crippen LogP contribution in [0.5, 0.6) is 11.5 Å². The molecule has 1 heterocycles. The third-order valence-corrected chi connectivity index (χ3v) is 3.54. The van der Waals surface area contributed by atoms with Gasteiger partial charge in [-0.05, 0) is 30.5 Å². The van der Waals surface area contributed by atoms with E-state index in [-0.39, 0.29) is 18.6 Å². The van der Waals surface area contributed by atoms with Gasteiger partial charge in [0.05, 0.1) is 20.6 Å². The zero-order chi connectivity index (χ0) is 15.2. The molecule has 1 atom stereocenters. The lowest BCUT2D eigenvalue weighted by Crippen LogP contribution is -2.54. The minimum Gasteiger partial charge on any atom is -0.493 e. The number of rotatable bonds is 8. The van der Waals surface area contributed by atoms with Crippen LogP contribution < -0.4 is 9.47 Å². The molecule has 1 aliphatic rings. The molecule has 1 amide bonds. The van der Waals surface area contributed by atoms with Crippen LogP contribution in [0.25, 0.3) is 0 Å². The molecule has 0 radical (unpaired) electrons. The van der Waals surface area contributed by atoms with Crippen LogP contribution in [0.4, 0.5) is 0 Å². The quantitative estimate of drug-likeness (QED) is 0.535. The monoisotopic (exact) mass is 293 g/mol. The summed E-state index contributed by atoms with van der Waals surface area (Å²) in [7, 11) is 3.20. The highest BCUT2D eigenvalue weighted by molar-refractivity contribution is 5.82. The average Bonchev–Trinajstić information content (AvgIpc) is 2.51. The SMILES string of the molecule is COc1ccc(CCCN2C(=O)CC2OC=O)cc1OC. The van der Waals surface area contributed by atoms with Crippen LogP contribution in [-0.4, -0.2) is 44.3 Å². The second-order valence-electron chi connectivity index (χ2n) is 4.77. The van der Waals surface area contributed by atoms with Gasteiger partial charge in [-0.25, -0.2) is 0 Å². The van der Waals surface area contributed by atoms with Crippen molar-refractivity contribution in [3.8, 4) is 11.5 Å². The first-order chi connectivity index (χ1) is 10.2. The maximum Gasteiger partial charge on any atom is 0.295 e. The fraction of sp³-hybridized carbons (Fsp3) is 0.467. The van der Waals surface area contributed by atoms with Crippen molar-refractivity contribution in [1.29, 1.82) is 0 Å². The van der Waals surface area contributed by atoms with Crippen LogP contribution in [0.15, 0.2) is 18.2 Å². The van der Waals surface area contributed by atoms with Gasteiger partial charge in [0.25, 0.3) is 6.47 Å². The van der Waals surface area contributed by atoms with E-state index in [1.165, 1.54) is 0 Å². The highest BCUT2D eigenvalue weighted by Gasteiger charge is 2.36. The molecule has 1 aliphatic heterocycles. The molecule has 1 fully saturated rings. The molecule has 0 saturated carbocycles. The van der Waals surface area contributed by atoms with Crippen molar-refractivity contribution in [2.75, 3.05) is 20.8 Å². The summed E-state index contributed by atoms with van der Waals surface area (Å²) < 4.78 is 15.3. The van der Waals surface area contributed by atoms with Crippen molar-refractivity contribution in [2.24, 2.45) is 0 Å². The number of benzene rings is 1. The lowest BCUT2D eigenvalue weighted by molar-refractivity contribution is -0.175. The van der Waals surface area contributed by atoms with Gasteiger partial charge in [-0.1, -0.05) is 6.07 Å². The number of carbonyl (C=O) groups excluding carboxylic acids is 2. The molecule has 0 aromatic heterocycles. The van der Waals surface area contributed by atoms with E-state index >= 15 is 0 Å². The zero-order valence-electron chi connectivity index (χ0n) is 12.2. The van der Waals surface area contributed by atoms with Gasteiger partial charge in [-0.3, -0.25) is 9.59 Å². The number of aryl methyl sites for hydroxylation is 1. The Morgan fingerprint density at radius 3 is 2.67 bits per heavy atom. The molecule has 114 valence electrons. The molecule has 1 aromatic rings. The highest BCUT2D eigenvalue weighted by atomic mass is 16.5. The molecular weight excluding hydrogens is 274 g/mol. The van der Waals surface area contributed by atoms with Crippen LogP contribution in [0.3, 0.4) is 0 Å². The topological polar surface area (TPSA) is 65.1 Å². The van der Waals surface area contributed by atoms with E-state index < -0.39 is 0 Å². The molecule has 0 bridgehead atoms. The normalized spacial score (nSPS) is 17.1. The summed E-state index contributed by atoms with van der Waals surface area (Å²) in [5.41, 5.74) is 1.11. The molecule has 0 spiro atoms. The Labute approximate surface area is 123 Å². The molecule has 2 rings (SSSR count). The molecule has 0 aliphatic carbocycles. The van der Waals surface area contributed by atoms with E-state index in [0.29, 0.717) is 24.5 Å². The van der Waals surface area contributed by atoms with Crippen molar-refractivity contribution in [3.63, 3.8) is 0 Å². The number of likely N-dealkylation sites (tertiary alicyclic amines) is 1. The third-order valence-electron chi connectivity index (χ3n) is 3.54. The van der Waals surface area contributed by atoms with E-state index in [1.54, 1.807) is 19.1 Å². The number of ether oxygens (including phenoxy) is 3. The molecular formula is C15H19NO5. The van der Waals surface area contributed by atoms with Crippen LogP contribution in [0.1, 0.15) is 18.4 Å². The van der Waals surface area contributed by atoms with E-state index in [2.05, 4.69) is 0 Å². The van der Waals surface area contributed by atoms with Crippen molar-refractivity contribution in [1.82, 2.24) is 4.90 Å². The molecule has 0 N–H and O–H groups in total. The van der Waals surface area contributed by atoms with E-state index in [4.69, 9.17) is 14.2 Å². The minimum absolute atomic E-state index is 0.0224. The van der Waals surface area contributed by atoms with Gasteiger partial charge >= 0.3 is 0 Å². The number of nitrogens with zero attached hydrogens (tertiary/aromatic N) is 1. The van der Waals surface area contributed by atoms with E-state index in [1.807, 2.05) is 18.2 Å². The van der Waals surface area contributed by atoms with Gasteiger partial charge in [-0.2, -0.15) is 0 Å². The Morgan fingerprint density at radius 2 is 2.05 bits per heavy atom. The minimum atomic E-state index is -0.389. The first-order valence-corrected chi connectivity index (χ1v) is 6.79. The largest absolute Gasteiger partial charge is 0.493 e. The third kappa shape index (κ3) is 3.45. The van der Waals surface area contributed by atoms with Gasteiger partial charge in [0.2, 0.25) is 5.91 Å². The number of hydrogen-bond acceptors (Lipinski definition) is 5. The maximum absolute atomic E-state index is 11.4. The van der Waals surface area contributed by atoms with Gasteiger partial charge in [-0.15, -0.1) is 0 Å². The predicted octanol–water partition coefficient (Wildman–Crippen LogP) is 1.37. The summed E-state index contributed by atoms with van der Waals surface area (Å²) in [6.07, 6.45) is 1.49. The summed E-state index contributed by atoms with van der Waals surface area (Å²) >= 11 is 0. The fourth-order valence-electron chi connectivity index (χ4n) is 2.37. The summed E-state index contributed by atoms with van der Waals surface area (Å²) in [5.74, 6) is 1.41. The summed E-state index contributed by atoms with van der Waals surface area (Å²) in [6.45, 7) is 0.962. The highest BCUT2D eigenvalue weighted by Crippen LogP contribution is 2.28. The number of amides is 1.